The molecule has 1 aromatic heterocycles. The van der Waals surface area contributed by atoms with Crippen LogP contribution < -0.4 is 4.90 Å². The van der Waals surface area contributed by atoms with Gasteiger partial charge in [-0.2, -0.15) is 0 Å². The molecule has 16 heavy (non-hydrogen) atoms. The fourth-order valence-electron chi connectivity index (χ4n) is 2.23. The number of carbonyl (C=O) groups is 1. The Kier molecular flexibility index (Phi) is 1.66. The van der Waals surface area contributed by atoms with Crippen molar-refractivity contribution in [2.75, 3.05) is 18.5 Å². The lowest BCUT2D eigenvalue weighted by atomic mass is 10.2. The van der Waals surface area contributed by atoms with E-state index in [0.717, 1.165) is 11.5 Å². The number of hydrogen-bond acceptors (Lipinski definition) is 3. The van der Waals surface area contributed by atoms with Crippen LogP contribution in [0.5, 0.6) is 0 Å². The predicted octanol–water partition coefficient (Wildman–Crippen LogP) is 0.441. The number of carbonyl (C=O) groups excluding carboxylic acids is 1. The van der Waals surface area contributed by atoms with Gasteiger partial charge < -0.3 is 4.57 Å². The van der Waals surface area contributed by atoms with E-state index in [1.54, 1.807) is 23.2 Å². The number of fused-ring (bicyclic) bond motifs is 3. The summed E-state index contributed by atoms with van der Waals surface area (Å²) in [7, 11) is 3.66. The third kappa shape index (κ3) is 0.937. The number of urea groups is 1. The summed E-state index contributed by atoms with van der Waals surface area (Å²) in [6.07, 6.45) is 1.71. The van der Waals surface area contributed by atoms with E-state index in [1.165, 1.54) is 0 Å². The summed E-state index contributed by atoms with van der Waals surface area (Å²) in [5, 5.41) is 0. The zero-order chi connectivity index (χ0) is 11.4. The molecule has 3 heterocycles. The molecule has 2 amide bonds. The molecule has 6 nitrogen and oxygen atoms in total. The molecule has 0 N–H and O–H groups in total. The van der Waals surface area contributed by atoms with Crippen LogP contribution in [0.3, 0.4) is 0 Å². The first kappa shape index (κ1) is 9.38. The van der Waals surface area contributed by atoms with E-state index in [-0.39, 0.29) is 12.1 Å². The quantitative estimate of drug-likeness (QED) is 0.635. The molecule has 0 aromatic carbocycles. The summed E-state index contributed by atoms with van der Waals surface area (Å²) >= 11 is 0. The Morgan fingerprint density at radius 2 is 2.19 bits per heavy atom. The van der Waals surface area contributed by atoms with E-state index in [0.29, 0.717) is 12.4 Å². The van der Waals surface area contributed by atoms with Crippen LogP contribution in [-0.4, -0.2) is 46.0 Å². The molecule has 84 valence electrons. The number of nitrogens with zero attached hydrogens (tertiary/aromatic N) is 5. The fourth-order valence-corrected chi connectivity index (χ4v) is 2.23. The van der Waals surface area contributed by atoms with Crippen molar-refractivity contribution in [2.24, 2.45) is 12.0 Å². The smallest absolute Gasteiger partial charge is 0.329 e. The van der Waals surface area contributed by atoms with Crippen molar-refractivity contribution < 1.29 is 4.79 Å². The molecule has 0 bridgehead atoms. The number of imidazole rings is 1. The number of anilines is 1. The minimum atomic E-state index is -0.0463. The van der Waals surface area contributed by atoms with Gasteiger partial charge in [0.25, 0.3) is 0 Å². The Balaban J connectivity index is 2.23. The summed E-state index contributed by atoms with van der Waals surface area (Å²) in [5.74, 6) is 1.45. The molecule has 2 aliphatic rings. The molecule has 0 radical (unpaired) electrons. The second-order valence-corrected chi connectivity index (χ2v) is 4.25. The lowest BCUT2D eigenvalue weighted by Gasteiger charge is -2.32. The number of amidine groups is 1. The molecule has 1 unspecified atom stereocenters. The summed E-state index contributed by atoms with van der Waals surface area (Å²) < 4.78 is 1.90. The van der Waals surface area contributed by atoms with Gasteiger partial charge in [-0.15, -0.1) is 0 Å². The first-order valence-corrected chi connectivity index (χ1v) is 5.24. The molecule has 3 rings (SSSR count). The minimum absolute atomic E-state index is 0.0463. The molecule has 0 fully saturated rings. The van der Waals surface area contributed by atoms with Crippen LogP contribution in [0.2, 0.25) is 0 Å². The number of aryl methyl sites for hydroxylation is 1. The van der Waals surface area contributed by atoms with Crippen LogP contribution in [0.1, 0.15) is 12.6 Å². The van der Waals surface area contributed by atoms with Crippen molar-refractivity contribution >= 4 is 17.7 Å². The second-order valence-electron chi connectivity index (χ2n) is 4.25. The summed E-state index contributed by atoms with van der Waals surface area (Å²) in [6, 6.07) is 0.0861. The number of aliphatic imine (C=N–C) groups is 1. The zero-order valence-electron chi connectivity index (χ0n) is 9.51. The molecule has 0 saturated heterocycles. The number of aromatic nitrogens is 2. The van der Waals surface area contributed by atoms with E-state index >= 15 is 0 Å². The van der Waals surface area contributed by atoms with Crippen LogP contribution in [0.4, 0.5) is 10.6 Å². The maximum absolute atomic E-state index is 12.1. The number of rotatable bonds is 0. The Morgan fingerprint density at radius 1 is 1.44 bits per heavy atom. The lowest BCUT2D eigenvalue weighted by Crippen LogP contribution is -2.51. The van der Waals surface area contributed by atoms with E-state index in [9.17, 15) is 4.79 Å². The van der Waals surface area contributed by atoms with Crippen molar-refractivity contribution in [1.29, 1.82) is 0 Å². The molecule has 2 aliphatic heterocycles. The Hall–Kier alpha value is -1.85. The molecule has 1 aromatic rings. The Morgan fingerprint density at radius 3 is 2.94 bits per heavy atom. The fraction of sp³-hybridized carbons (Fsp3) is 0.500. The average molecular weight is 219 g/mol. The van der Waals surface area contributed by atoms with Crippen molar-refractivity contribution in [3.05, 3.63) is 12.0 Å². The van der Waals surface area contributed by atoms with Crippen LogP contribution in [0, 0.1) is 0 Å². The normalized spacial score (nSPS) is 23.3. The highest BCUT2D eigenvalue weighted by molar-refractivity contribution is 6.18. The molecule has 0 aliphatic carbocycles. The molecule has 0 saturated carbocycles. The minimum Gasteiger partial charge on any atom is -0.329 e. The van der Waals surface area contributed by atoms with Gasteiger partial charge in [-0.1, -0.05) is 0 Å². The van der Waals surface area contributed by atoms with Crippen LogP contribution in [0.15, 0.2) is 11.3 Å². The largest absolute Gasteiger partial charge is 0.331 e. The van der Waals surface area contributed by atoms with Crippen molar-refractivity contribution in [2.45, 2.75) is 13.0 Å². The third-order valence-electron chi connectivity index (χ3n) is 3.11. The zero-order valence-corrected chi connectivity index (χ0v) is 9.51. The van der Waals surface area contributed by atoms with Crippen molar-refractivity contribution in [3.63, 3.8) is 0 Å². The first-order valence-electron chi connectivity index (χ1n) is 5.24. The maximum atomic E-state index is 12.1. The standard InChI is InChI=1S/C10H13N5O/c1-6-4-11-9-7-8(12-5-13(7)2)14(3)10(16)15(6)9/h5-6H,4H2,1-3H3. The molecular formula is C10H13N5O. The van der Waals surface area contributed by atoms with E-state index in [4.69, 9.17) is 0 Å². The average Bonchev–Trinajstić information content (AvgIpc) is 2.79. The monoisotopic (exact) mass is 219 g/mol. The summed E-state index contributed by atoms with van der Waals surface area (Å²) in [4.78, 5) is 24.1. The van der Waals surface area contributed by atoms with E-state index in [2.05, 4.69) is 9.98 Å². The summed E-state index contributed by atoms with van der Waals surface area (Å²) in [6.45, 7) is 2.67. The van der Waals surface area contributed by atoms with Crippen LogP contribution in [0.25, 0.3) is 0 Å². The van der Waals surface area contributed by atoms with Gasteiger partial charge in [-0.25, -0.2) is 9.78 Å². The highest BCUT2D eigenvalue weighted by atomic mass is 16.2. The Labute approximate surface area is 93.2 Å². The van der Waals surface area contributed by atoms with Crippen LogP contribution in [-0.2, 0) is 7.05 Å². The Bertz CT molecular complexity index is 503. The van der Waals surface area contributed by atoms with Crippen molar-refractivity contribution in [3.8, 4) is 0 Å². The van der Waals surface area contributed by atoms with Gasteiger partial charge in [0.05, 0.1) is 18.9 Å². The van der Waals surface area contributed by atoms with E-state index in [1.807, 2.05) is 18.5 Å². The van der Waals surface area contributed by atoms with E-state index < -0.39 is 0 Å². The van der Waals surface area contributed by atoms with Crippen molar-refractivity contribution in [1.82, 2.24) is 14.5 Å². The molecule has 0 spiro atoms. The van der Waals surface area contributed by atoms with Gasteiger partial charge >= 0.3 is 6.03 Å². The topological polar surface area (TPSA) is 53.7 Å². The van der Waals surface area contributed by atoms with Gasteiger partial charge in [0.2, 0.25) is 0 Å². The molecule has 1 atom stereocenters. The molecule has 6 heteroatoms. The van der Waals surface area contributed by atoms with Crippen LogP contribution >= 0.6 is 0 Å². The van der Waals surface area contributed by atoms with Gasteiger partial charge in [0.15, 0.2) is 11.7 Å². The highest BCUT2D eigenvalue weighted by Crippen LogP contribution is 2.30. The second kappa shape index (κ2) is 2.84. The SMILES string of the molecule is CC1CN=C2c3c(ncn3C)N(C)C(=O)N21. The van der Waals surface area contributed by atoms with Gasteiger partial charge in [-0.3, -0.25) is 14.8 Å². The molecular weight excluding hydrogens is 206 g/mol. The van der Waals surface area contributed by atoms with Gasteiger partial charge in [-0.05, 0) is 6.92 Å². The van der Waals surface area contributed by atoms with Gasteiger partial charge in [0, 0.05) is 14.1 Å². The maximum Gasteiger partial charge on any atom is 0.331 e. The highest BCUT2D eigenvalue weighted by Gasteiger charge is 2.41. The first-order chi connectivity index (χ1) is 7.61. The number of hydrogen-bond donors (Lipinski definition) is 0. The third-order valence-corrected chi connectivity index (χ3v) is 3.11. The van der Waals surface area contributed by atoms with Gasteiger partial charge in [0.1, 0.15) is 5.69 Å². The predicted molar refractivity (Wildman–Crippen MR) is 59.7 cm³/mol. The lowest BCUT2D eigenvalue weighted by molar-refractivity contribution is 0.221. The summed E-state index contributed by atoms with van der Waals surface area (Å²) in [5.41, 5.74) is 0.923. The number of amides is 2.